The van der Waals surface area contributed by atoms with Crippen molar-refractivity contribution in [3.8, 4) is 11.3 Å². The van der Waals surface area contributed by atoms with Crippen molar-refractivity contribution in [1.82, 2.24) is 4.98 Å². The molecule has 2 nitrogen and oxygen atoms in total. The maximum absolute atomic E-state index is 14.4. The Morgan fingerprint density at radius 2 is 1.88 bits per heavy atom. The van der Waals surface area contributed by atoms with Gasteiger partial charge in [0.25, 0.3) is 0 Å². The highest BCUT2D eigenvalue weighted by Crippen LogP contribution is 2.35. The Morgan fingerprint density at radius 3 is 2.58 bits per heavy atom. The second kappa shape index (κ2) is 8.00. The molecule has 0 saturated carbocycles. The molecular formula is C22H26F2N2. The number of fused-ring (bicyclic) bond motifs is 1. The number of benzene rings is 2. The van der Waals surface area contributed by atoms with E-state index in [9.17, 15) is 8.78 Å². The van der Waals surface area contributed by atoms with Gasteiger partial charge in [0, 0.05) is 22.5 Å². The molecule has 0 amide bonds. The Morgan fingerprint density at radius 1 is 1.08 bits per heavy atom. The average Bonchev–Trinajstić information content (AvgIpc) is 2.99. The van der Waals surface area contributed by atoms with Crippen molar-refractivity contribution in [2.75, 3.05) is 6.54 Å². The lowest BCUT2D eigenvalue weighted by atomic mass is 9.94. The molecule has 0 aliphatic heterocycles. The number of nitrogens with one attached hydrogen (secondary N) is 1. The van der Waals surface area contributed by atoms with Gasteiger partial charge in [0.05, 0.1) is 5.69 Å². The number of H-pyrrole nitrogens is 1. The number of hydrogen-bond donors (Lipinski definition) is 2. The number of rotatable bonds is 7. The van der Waals surface area contributed by atoms with E-state index in [0.717, 1.165) is 53.9 Å². The highest BCUT2D eigenvalue weighted by atomic mass is 19.1. The van der Waals surface area contributed by atoms with Gasteiger partial charge in [-0.15, -0.1) is 0 Å². The zero-order valence-corrected chi connectivity index (χ0v) is 15.4. The summed E-state index contributed by atoms with van der Waals surface area (Å²) < 4.78 is 27.7. The van der Waals surface area contributed by atoms with Crippen LogP contribution in [0.25, 0.3) is 22.2 Å². The van der Waals surface area contributed by atoms with E-state index in [4.69, 9.17) is 5.73 Å². The number of aromatic nitrogens is 1. The Kier molecular flexibility index (Phi) is 5.72. The molecule has 3 N–H and O–H groups in total. The number of aromatic amines is 1. The second-order valence-corrected chi connectivity index (χ2v) is 6.96. The molecule has 2 aromatic carbocycles. The van der Waals surface area contributed by atoms with E-state index in [1.54, 1.807) is 0 Å². The summed E-state index contributed by atoms with van der Waals surface area (Å²) in [6, 6.07) is 10.2. The standard InChI is InChI=1S/C22H26F2N2/c1-3-14(2)15-7-10-21-19(12-15)17(6-4-5-11-25)22(26-21)18-9-8-16(23)13-20(18)24/h7-10,12-14,26H,3-6,11,25H2,1-2H3. The molecule has 3 rings (SSSR count). The molecule has 1 unspecified atom stereocenters. The van der Waals surface area contributed by atoms with Gasteiger partial charge < -0.3 is 10.7 Å². The number of halogens is 2. The van der Waals surface area contributed by atoms with Crippen LogP contribution in [0.5, 0.6) is 0 Å². The van der Waals surface area contributed by atoms with Crippen LogP contribution in [0, 0.1) is 11.6 Å². The number of unbranched alkanes of at least 4 members (excludes halogenated alkanes) is 1. The molecule has 138 valence electrons. The lowest BCUT2D eigenvalue weighted by Crippen LogP contribution is -2.00. The molecule has 1 aromatic heterocycles. The second-order valence-electron chi connectivity index (χ2n) is 6.96. The first-order chi connectivity index (χ1) is 12.5. The molecule has 3 aromatic rings. The summed E-state index contributed by atoms with van der Waals surface area (Å²) in [5.41, 5.74) is 10.2. The minimum Gasteiger partial charge on any atom is -0.354 e. The topological polar surface area (TPSA) is 41.8 Å². The molecule has 0 aliphatic rings. The van der Waals surface area contributed by atoms with Crippen molar-refractivity contribution in [1.29, 1.82) is 0 Å². The average molecular weight is 356 g/mol. The summed E-state index contributed by atoms with van der Waals surface area (Å²) in [6.07, 6.45) is 3.74. The van der Waals surface area contributed by atoms with Gasteiger partial charge in [-0.05, 0) is 73.5 Å². The zero-order valence-electron chi connectivity index (χ0n) is 15.4. The Hall–Kier alpha value is -2.20. The van der Waals surface area contributed by atoms with Crippen LogP contribution in [0.4, 0.5) is 8.78 Å². The minimum atomic E-state index is -0.564. The molecule has 0 fully saturated rings. The van der Waals surface area contributed by atoms with E-state index >= 15 is 0 Å². The summed E-state index contributed by atoms with van der Waals surface area (Å²) >= 11 is 0. The Bertz CT molecular complexity index is 899. The predicted molar refractivity (Wildman–Crippen MR) is 104 cm³/mol. The lowest BCUT2D eigenvalue weighted by molar-refractivity contribution is 0.585. The summed E-state index contributed by atoms with van der Waals surface area (Å²) in [4.78, 5) is 3.36. The fraction of sp³-hybridized carbons (Fsp3) is 0.364. The molecular weight excluding hydrogens is 330 g/mol. The summed E-state index contributed by atoms with van der Waals surface area (Å²) in [5.74, 6) is -0.637. The number of hydrogen-bond acceptors (Lipinski definition) is 1. The van der Waals surface area contributed by atoms with E-state index in [1.165, 1.54) is 17.7 Å². The normalized spacial score (nSPS) is 12.7. The van der Waals surface area contributed by atoms with Gasteiger partial charge >= 0.3 is 0 Å². The van der Waals surface area contributed by atoms with E-state index in [0.29, 0.717) is 18.0 Å². The van der Waals surface area contributed by atoms with E-state index < -0.39 is 11.6 Å². The van der Waals surface area contributed by atoms with Crippen LogP contribution in [0.3, 0.4) is 0 Å². The van der Waals surface area contributed by atoms with E-state index in [1.807, 2.05) is 0 Å². The minimum absolute atomic E-state index is 0.412. The summed E-state index contributed by atoms with van der Waals surface area (Å²) in [6.45, 7) is 5.02. The molecule has 4 heteroatoms. The van der Waals surface area contributed by atoms with Gasteiger partial charge in [0.2, 0.25) is 0 Å². The van der Waals surface area contributed by atoms with Gasteiger partial charge in [-0.2, -0.15) is 0 Å². The van der Waals surface area contributed by atoms with Crippen molar-refractivity contribution >= 4 is 10.9 Å². The van der Waals surface area contributed by atoms with Crippen LogP contribution in [0.1, 0.15) is 50.2 Å². The first-order valence-electron chi connectivity index (χ1n) is 9.35. The Balaban J connectivity index is 2.15. The van der Waals surface area contributed by atoms with Gasteiger partial charge in [-0.3, -0.25) is 0 Å². The third kappa shape index (κ3) is 3.65. The molecule has 26 heavy (non-hydrogen) atoms. The number of nitrogens with two attached hydrogens (primary N) is 1. The van der Waals surface area contributed by atoms with Crippen LogP contribution >= 0.6 is 0 Å². The zero-order chi connectivity index (χ0) is 18.7. The van der Waals surface area contributed by atoms with Crippen molar-refractivity contribution in [2.24, 2.45) is 5.73 Å². The fourth-order valence-corrected chi connectivity index (χ4v) is 3.44. The first-order valence-corrected chi connectivity index (χ1v) is 9.35. The maximum Gasteiger partial charge on any atom is 0.135 e. The largest absolute Gasteiger partial charge is 0.354 e. The van der Waals surface area contributed by atoms with Crippen molar-refractivity contribution in [3.05, 3.63) is 59.2 Å². The Labute approximate surface area is 153 Å². The van der Waals surface area contributed by atoms with Crippen LogP contribution in [-0.2, 0) is 6.42 Å². The third-order valence-corrected chi connectivity index (χ3v) is 5.19. The molecule has 0 bridgehead atoms. The summed E-state index contributed by atoms with van der Waals surface area (Å²) in [7, 11) is 0. The van der Waals surface area contributed by atoms with Gasteiger partial charge in [-0.25, -0.2) is 8.78 Å². The first kappa shape index (κ1) is 18.6. The van der Waals surface area contributed by atoms with Crippen LogP contribution in [0.15, 0.2) is 36.4 Å². The van der Waals surface area contributed by atoms with Gasteiger partial charge in [-0.1, -0.05) is 19.9 Å². The highest BCUT2D eigenvalue weighted by Gasteiger charge is 2.17. The lowest BCUT2D eigenvalue weighted by Gasteiger charge is -2.10. The highest BCUT2D eigenvalue weighted by molar-refractivity contribution is 5.91. The molecule has 0 aliphatic carbocycles. The number of aryl methyl sites for hydroxylation is 1. The van der Waals surface area contributed by atoms with E-state index in [2.05, 4.69) is 37.0 Å². The maximum atomic E-state index is 14.4. The quantitative estimate of drug-likeness (QED) is 0.508. The van der Waals surface area contributed by atoms with E-state index in [-0.39, 0.29) is 0 Å². The SMILES string of the molecule is CCC(C)c1ccc2[nH]c(-c3ccc(F)cc3F)c(CCCCN)c2c1. The molecule has 0 saturated heterocycles. The van der Waals surface area contributed by atoms with Crippen molar-refractivity contribution < 1.29 is 8.78 Å². The van der Waals surface area contributed by atoms with Crippen LogP contribution < -0.4 is 5.73 Å². The van der Waals surface area contributed by atoms with Crippen molar-refractivity contribution in [3.63, 3.8) is 0 Å². The molecule has 1 heterocycles. The van der Waals surface area contributed by atoms with Crippen LogP contribution in [-0.4, -0.2) is 11.5 Å². The smallest absolute Gasteiger partial charge is 0.135 e. The molecule has 0 spiro atoms. The monoisotopic (exact) mass is 356 g/mol. The van der Waals surface area contributed by atoms with Crippen LogP contribution in [0.2, 0.25) is 0 Å². The predicted octanol–water partition coefficient (Wildman–Crippen LogP) is 5.91. The van der Waals surface area contributed by atoms with Gasteiger partial charge in [0.1, 0.15) is 11.6 Å². The summed E-state index contributed by atoms with van der Waals surface area (Å²) in [5, 5.41) is 1.12. The van der Waals surface area contributed by atoms with Crippen molar-refractivity contribution in [2.45, 2.75) is 45.4 Å². The third-order valence-electron chi connectivity index (χ3n) is 5.19. The molecule has 0 radical (unpaired) electrons. The molecule has 1 atom stereocenters. The van der Waals surface area contributed by atoms with Gasteiger partial charge in [0.15, 0.2) is 0 Å². The fourth-order valence-electron chi connectivity index (χ4n) is 3.44.